The maximum absolute atomic E-state index is 10.7. The lowest BCUT2D eigenvalue weighted by Gasteiger charge is -2.11. The van der Waals surface area contributed by atoms with E-state index >= 15 is 0 Å². The van der Waals surface area contributed by atoms with E-state index in [9.17, 15) is 4.79 Å². The summed E-state index contributed by atoms with van der Waals surface area (Å²) in [7, 11) is 0. The number of carbonyl (C=O) groups is 1. The Morgan fingerprint density at radius 2 is 2.32 bits per heavy atom. The second-order valence-corrected chi connectivity index (χ2v) is 5.59. The average Bonchev–Trinajstić information content (AvgIpc) is 2.81. The number of hydrogen-bond acceptors (Lipinski definition) is 4. The molecule has 1 unspecified atom stereocenters. The van der Waals surface area contributed by atoms with Crippen LogP contribution in [0.15, 0.2) is 18.2 Å². The molecule has 0 radical (unpaired) electrons. The Balaban J connectivity index is 2.38. The minimum atomic E-state index is -0.894. The summed E-state index contributed by atoms with van der Waals surface area (Å²) >= 11 is 8.20. The van der Waals surface area contributed by atoms with E-state index in [1.165, 1.54) is 4.68 Å². The molecule has 0 fully saturated rings. The highest BCUT2D eigenvalue weighted by Gasteiger charge is 2.17. The van der Waals surface area contributed by atoms with Crippen LogP contribution < -0.4 is 0 Å². The van der Waals surface area contributed by atoms with Gasteiger partial charge in [-0.2, -0.15) is 0 Å². The Bertz CT molecular complexity index is 616. The lowest BCUT2D eigenvalue weighted by Crippen LogP contribution is -2.13. The first-order valence-corrected chi connectivity index (χ1v) is 6.90. The van der Waals surface area contributed by atoms with Crippen LogP contribution in [0, 0.1) is 3.57 Å². The van der Waals surface area contributed by atoms with Crippen molar-refractivity contribution in [3.63, 3.8) is 0 Å². The van der Waals surface area contributed by atoms with Crippen LogP contribution in [0.1, 0.15) is 19.4 Å². The number of nitrogens with zero attached hydrogens (tertiary/aromatic N) is 4. The number of carboxylic acids is 1. The van der Waals surface area contributed by atoms with E-state index in [0.717, 1.165) is 9.13 Å². The first kappa shape index (κ1) is 14.2. The van der Waals surface area contributed by atoms with Crippen molar-refractivity contribution in [2.45, 2.75) is 19.4 Å². The first-order valence-electron chi connectivity index (χ1n) is 5.44. The molecule has 0 bridgehead atoms. The molecule has 1 atom stereocenters. The third kappa shape index (κ3) is 3.21. The van der Waals surface area contributed by atoms with Crippen molar-refractivity contribution >= 4 is 40.2 Å². The van der Waals surface area contributed by atoms with Crippen LogP contribution in [0.4, 0.5) is 0 Å². The van der Waals surface area contributed by atoms with Crippen molar-refractivity contribution in [3.8, 4) is 11.4 Å². The van der Waals surface area contributed by atoms with Gasteiger partial charge in [-0.1, -0.05) is 11.6 Å². The molecule has 0 aliphatic heterocycles. The molecular weight excluding hydrogens is 383 g/mol. The monoisotopic (exact) mass is 392 g/mol. The fourth-order valence-corrected chi connectivity index (χ4v) is 2.17. The Labute approximate surface area is 127 Å². The quantitative estimate of drug-likeness (QED) is 0.809. The van der Waals surface area contributed by atoms with Gasteiger partial charge in [0.15, 0.2) is 5.82 Å². The van der Waals surface area contributed by atoms with Gasteiger partial charge in [0.05, 0.1) is 17.5 Å². The number of carboxylic acid groups (broad SMARTS) is 1. The lowest BCUT2D eigenvalue weighted by atomic mass is 10.2. The van der Waals surface area contributed by atoms with Crippen LogP contribution >= 0.6 is 34.2 Å². The van der Waals surface area contributed by atoms with E-state index in [1.54, 1.807) is 13.0 Å². The Kier molecular flexibility index (Phi) is 4.35. The molecule has 0 spiro atoms. The molecule has 1 heterocycles. The van der Waals surface area contributed by atoms with E-state index in [4.69, 9.17) is 16.7 Å². The summed E-state index contributed by atoms with van der Waals surface area (Å²) in [6, 6.07) is 5.14. The number of benzene rings is 1. The molecule has 19 heavy (non-hydrogen) atoms. The molecule has 0 aliphatic carbocycles. The van der Waals surface area contributed by atoms with Crippen LogP contribution in [-0.2, 0) is 4.79 Å². The summed E-state index contributed by atoms with van der Waals surface area (Å²) in [6.45, 7) is 1.75. The summed E-state index contributed by atoms with van der Waals surface area (Å²) in [4.78, 5) is 10.7. The summed E-state index contributed by atoms with van der Waals surface area (Å²) in [5, 5.41) is 20.8. The number of tetrazole rings is 1. The molecule has 1 aromatic carbocycles. The second kappa shape index (κ2) is 5.83. The van der Waals surface area contributed by atoms with Gasteiger partial charge in [-0.05, 0) is 58.1 Å². The number of rotatable bonds is 4. The van der Waals surface area contributed by atoms with Gasteiger partial charge in [0.25, 0.3) is 0 Å². The van der Waals surface area contributed by atoms with Gasteiger partial charge in [0.1, 0.15) is 0 Å². The number of aliphatic carboxylic acids is 1. The fraction of sp³-hybridized carbons (Fsp3) is 0.273. The normalized spacial score (nSPS) is 12.4. The van der Waals surface area contributed by atoms with Gasteiger partial charge in [-0.3, -0.25) is 4.79 Å². The molecule has 2 aromatic rings. The standard InChI is InChI=1S/C11H10ClIN4O2/c1-6(4-10(18)19)17-11(14-15-16-17)7-2-3-9(13)8(12)5-7/h2-3,5-6H,4H2,1H3,(H,18,19). The highest BCUT2D eigenvalue weighted by molar-refractivity contribution is 14.1. The Morgan fingerprint density at radius 1 is 1.58 bits per heavy atom. The molecule has 100 valence electrons. The van der Waals surface area contributed by atoms with Crippen LogP contribution in [0.5, 0.6) is 0 Å². The first-order chi connectivity index (χ1) is 8.99. The summed E-state index contributed by atoms with van der Waals surface area (Å²) in [5.41, 5.74) is 0.757. The van der Waals surface area contributed by atoms with Gasteiger partial charge in [-0.15, -0.1) is 5.10 Å². The summed E-state index contributed by atoms with van der Waals surface area (Å²) < 4.78 is 2.42. The van der Waals surface area contributed by atoms with E-state index in [2.05, 4.69) is 38.1 Å². The number of aromatic nitrogens is 4. The van der Waals surface area contributed by atoms with E-state index in [0.29, 0.717) is 10.8 Å². The van der Waals surface area contributed by atoms with Gasteiger partial charge >= 0.3 is 5.97 Å². The van der Waals surface area contributed by atoms with Gasteiger partial charge in [-0.25, -0.2) is 4.68 Å². The molecule has 0 saturated carbocycles. The van der Waals surface area contributed by atoms with Gasteiger partial charge in [0.2, 0.25) is 0 Å². The largest absolute Gasteiger partial charge is 0.481 e. The predicted molar refractivity (Wildman–Crippen MR) is 77.9 cm³/mol. The Hall–Kier alpha value is -1.22. The van der Waals surface area contributed by atoms with Crippen molar-refractivity contribution in [3.05, 3.63) is 26.8 Å². The molecular formula is C11H10ClIN4O2. The lowest BCUT2D eigenvalue weighted by molar-refractivity contribution is -0.137. The maximum atomic E-state index is 10.7. The zero-order valence-electron chi connectivity index (χ0n) is 9.92. The molecule has 1 aromatic heterocycles. The average molecular weight is 393 g/mol. The van der Waals surface area contributed by atoms with E-state index < -0.39 is 5.97 Å². The van der Waals surface area contributed by atoms with Crippen molar-refractivity contribution < 1.29 is 9.90 Å². The maximum Gasteiger partial charge on any atom is 0.305 e. The topological polar surface area (TPSA) is 80.9 Å². The number of halogens is 2. The van der Waals surface area contributed by atoms with Crippen LogP contribution in [0.3, 0.4) is 0 Å². The van der Waals surface area contributed by atoms with Crippen LogP contribution in [-0.4, -0.2) is 31.3 Å². The van der Waals surface area contributed by atoms with Crippen LogP contribution in [0.25, 0.3) is 11.4 Å². The highest BCUT2D eigenvalue weighted by atomic mass is 127. The molecule has 0 amide bonds. The summed E-state index contributed by atoms with van der Waals surface area (Å²) in [6.07, 6.45) is -0.0455. The molecule has 2 rings (SSSR count). The van der Waals surface area contributed by atoms with Crippen molar-refractivity contribution in [1.82, 2.24) is 20.2 Å². The Morgan fingerprint density at radius 3 is 2.95 bits per heavy atom. The zero-order valence-corrected chi connectivity index (χ0v) is 12.8. The fourth-order valence-electron chi connectivity index (χ4n) is 1.65. The van der Waals surface area contributed by atoms with Gasteiger partial charge in [0, 0.05) is 9.13 Å². The molecule has 0 saturated heterocycles. The van der Waals surface area contributed by atoms with E-state index in [1.807, 2.05) is 12.1 Å². The zero-order chi connectivity index (χ0) is 14.0. The second-order valence-electron chi connectivity index (χ2n) is 4.02. The van der Waals surface area contributed by atoms with Crippen molar-refractivity contribution in [1.29, 1.82) is 0 Å². The number of hydrogen-bond donors (Lipinski definition) is 1. The minimum Gasteiger partial charge on any atom is -0.481 e. The van der Waals surface area contributed by atoms with E-state index in [-0.39, 0.29) is 12.5 Å². The third-order valence-electron chi connectivity index (χ3n) is 2.56. The molecule has 0 aliphatic rings. The molecule has 1 N–H and O–H groups in total. The minimum absolute atomic E-state index is 0.0455. The molecule has 8 heteroatoms. The molecule has 6 nitrogen and oxygen atoms in total. The highest BCUT2D eigenvalue weighted by Crippen LogP contribution is 2.26. The summed E-state index contributed by atoms with van der Waals surface area (Å²) in [5.74, 6) is -0.387. The van der Waals surface area contributed by atoms with Gasteiger partial charge < -0.3 is 5.11 Å². The van der Waals surface area contributed by atoms with Crippen LogP contribution in [0.2, 0.25) is 5.02 Å². The van der Waals surface area contributed by atoms with Crippen molar-refractivity contribution in [2.24, 2.45) is 0 Å². The van der Waals surface area contributed by atoms with Crippen molar-refractivity contribution in [2.75, 3.05) is 0 Å². The smallest absolute Gasteiger partial charge is 0.305 e. The SMILES string of the molecule is CC(CC(=O)O)n1nnnc1-c1ccc(I)c(Cl)c1. The predicted octanol–water partition coefficient (Wildman–Crippen LogP) is 2.63. The third-order valence-corrected chi connectivity index (χ3v) is 4.13.